The molecule has 0 fully saturated rings. The summed E-state index contributed by atoms with van der Waals surface area (Å²) < 4.78 is 0. The van der Waals surface area contributed by atoms with Crippen molar-refractivity contribution in [2.75, 3.05) is 0 Å². The van der Waals surface area contributed by atoms with Gasteiger partial charge in [-0.1, -0.05) is 66.7 Å². The second-order valence-electron chi connectivity index (χ2n) is 5.89. The third kappa shape index (κ3) is 3.50. The van der Waals surface area contributed by atoms with E-state index in [4.69, 9.17) is 0 Å². The van der Waals surface area contributed by atoms with E-state index in [1.165, 1.54) is 6.07 Å². The van der Waals surface area contributed by atoms with Gasteiger partial charge >= 0.3 is 5.97 Å². The number of aromatic carboxylic acids is 1. The van der Waals surface area contributed by atoms with E-state index < -0.39 is 11.4 Å². The molecule has 0 aliphatic carbocycles. The number of rotatable bonds is 4. The van der Waals surface area contributed by atoms with Gasteiger partial charge in [-0.15, -0.1) is 0 Å². The van der Waals surface area contributed by atoms with Crippen molar-refractivity contribution in [3.63, 3.8) is 0 Å². The summed E-state index contributed by atoms with van der Waals surface area (Å²) in [5.74, 6) is -1.37. The molecule has 0 atom stereocenters. The summed E-state index contributed by atoms with van der Waals surface area (Å²) in [4.78, 5) is 11.4. The standard InChI is InChI=1S/C21H18O3.Zn/c1-21(15-8-4-2-5-9-15,16-10-6-3-7-11-16)17-12-13-19(22)18(14-17)20(23)24;/h2-14,22H,1H3,(H,23,24);. The first-order valence-electron chi connectivity index (χ1n) is 7.71. The van der Waals surface area contributed by atoms with Gasteiger partial charge in [-0.2, -0.15) is 0 Å². The molecule has 0 spiro atoms. The minimum Gasteiger partial charge on any atom is -0.507 e. The number of benzene rings is 3. The molecule has 25 heavy (non-hydrogen) atoms. The first kappa shape index (κ1) is 18.9. The number of carboxylic acids is 1. The molecule has 3 nitrogen and oxygen atoms in total. The van der Waals surface area contributed by atoms with Gasteiger partial charge in [-0.05, 0) is 35.7 Å². The Bertz CT molecular complexity index is 821. The van der Waals surface area contributed by atoms with E-state index >= 15 is 0 Å². The first-order valence-corrected chi connectivity index (χ1v) is 7.71. The predicted molar refractivity (Wildman–Crippen MR) is 93.5 cm³/mol. The van der Waals surface area contributed by atoms with Gasteiger partial charge in [0.05, 0.1) is 0 Å². The van der Waals surface area contributed by atoms with Crippen molar-refractivity contribution in [3.05, 3.63) is 101 Å². The van der Waals surface area contributed by atoms with Gasteiger partial charge in [0.1, 0.15) is 11.3 Å². The van der Waals surface area contributed by atoms with Crippen LogP contribution in [0.3, 0.4) is 0 Å². The van der Waals surface area contributed by atoms with Crippen LogP contribution in [0.1, 0.15) is 34.0 Å². The molecule has 0 saturated heterocycles. The van der Waals surface area contributed by atoms with Crippen LogP contribution in [0.15, 0.2) is 78.9 Å². The summed E-state index contributed by atoms with van der Waals surface area (Å²) in [5, 5.41) is 19.2. The molecule has 0 saturated carbocycles. The predicted octanol–water partition coefficient (Wildman–Crippen LogP) is 4.44. The number of carbonyl (C=O) groups is 1. The van der Waals surface area contributed by atoms with Gasteiger partial charge in [0.25, 0.3) is 0 Å². The Balaban J connectivity index is 0.00000225. The van der Waals surface area contributed by atoms with Crippen LogP contribution >= 0.6 is 0 Å². The van der Waals surface area contributed by atoms with E-state index in [0.29, 0.717) is 0 Å². The Hall–Kier alpha value is -2.45. The fraction of sp³-hybridized carbons (Fsp3) is 0.0952. The molecule has 4 heteroatoms. The zero-order chi connectivity index (χ0) is 17.2. The van der Waals surface area contributed by atoms with Crippen LogP contribution < -0.4 is 0 Å². The number of phenols is 1. The molecular formula is C21H18O3Zn. The van der Waals surface area contributed by atoms with Crippen molar-refractivity contribution in [3.8, 4) is 5.75 Å². The van der Waals surface area contributed by atoms with Crippen LogP contribution in [0.2, 0.25) is 0 Å². The maximum Gasteiger partial charge on any atom is 0.339 e. The Kier molecular flexibility index (Phi) is 5.76. The molecular weight excluding hydrogens is 366 g/mol. The maximum atomic E-state index is 11.4. The van der Waals surface area contributed by atoms with Gasteiger partial charge in [-0.25, -0.2) is 4.79 Å². The van der Waals surface area contributed by atoms with Gasteiger partial charge in [0.2, 0.25) is 0 Å². The Labute approximate surface area is 159 Å². The molecule has 0 amide bonds. The van der Waals surface area contributed by atoms with E-state index in [9.17, 15) is 15.0 Å². The molecule has 0 bridgehead atoms. The van der Waals surface area contributed by atoms with Crippen molar-refractivity contribution >= 4 is 5.97 Å². The Morgan fingerprint density at radius 3 is 1.72 bits per heavy atom. The quantitative estimate of drug-likeness (QED) is 0.517. The molecule has 0 radical (unpaired) electrons. The molecule has 0 aliphatic heterocycles. The molecule has 0 heterocycles. The van der Waals surface area contributed by atoms with Crippen molar-refractivity contribution in [1.29, 1.82) is 0 Å². The number of aromatic hydroxyl groups is 1. The maximum absolute atomic E-state index is 11.4. The third-order valence-corrected chi connectivity index (χ3v) is 4.51. The average Bonchev–Trinajstić information content (AvgIpc) is 2.62. The number of carboxylic acid groups (broad SMARTS) is 1. The smallest absolute Gasteiger partial charge is 0.339 e. The number of hydrogen-bond acceptors (Lipinski definition) is 2. The number of hydrogen-bond donors (Lipinski definition) is 2. The van der Waals surface area contributed by atoms with Crippen LogP contribution in [0.25, 0.3) is 0 Å². The zero-order valence-corrected chi connectivity index (χ0v) is 17.0. The second kappa shape index (κ2) is 7.63. The van der Waals surface area contributed by atoms with Crippen molar-refractivity contribution in [2.45, 2.75) is 12.3 Å². The largest absolute Gasteiger partial charge is 0.507 e. The van der Waals surface area contributed by atoms with Crippen LogP contribution in [-0.2, 0) is 24.9 Å². The molecule has 3 aromatic carbocycles. The van der Waals surface area contributed by atoms with Gasteiger partial charge in [0, 0.05) is 24.9 Å². The summed E-state index contributed by atoms with van der Waals surface area (Å²) >= 11 is 0. The first-order chi connectivity index (χ1) is 11.5. The summed E-state index contributed by atoms with van der Waals surface area (Å²) in [6.45, 7) is 2.07. The van der Waals surface area contributed by atoms with Gasteiger partial charge in [0.15, 0.2) is 0 Å². The molecule has 2 N–H and O–H groups in total. The fourth-order valence-electron chi connectivity index (χ4n) is 3.06. The topological polar surface area (TPSA) is 57.5 Å². The molecule has 3 aromatic rings. The van der Waals surface area contributed by atoms with Crippen molar-refractivity contribution in [1.82, 2.24) is 0 Å². The normalized spacial score (nSPS) is 10.8. The van der Waals surface area contributed by atoms with Crippen LogP contribution in [0.5, 0.6) is 5.75 Å². The fourth-order valence-corrected chi connectivity index (χ4v) is 3.06. The second-order valence-corrected chi connectivity index (χ2v) is 5.89. The van der Waals surface area contributed by atoms with Crippen LogP contribution in [0, 0.1) is 0 Å². The molecule has 0 aliphatic rings. The van der Waals surface area contributed by atoms with E-state index in [0.717, 1.165) is 16.7 Å². The molecule has 0 unspecified atom stereocenters. The van der Waals surface area contributed by atoms with Crippen molar-refractivity contribution in [2.24, 2.45) is 0 Å². The molecule has 3 rings (SSSR count). The van der Waals surface area contributed by atoms with Crippen LogP contribution in [-0.4, -0.2) is 16.2 Å². The Morgan fingerprint density at radius 2 is 1.28 bits per heavy atom. The Morgan fingerprint density at radius 1 is 0.800 bits per heavy atom. The van der Waals surface area contributed by atoms with Crippen molar-refractivity contribution < 1.29 is 34.5 Å². The van der Waals surface area contributed by atoms with E-state index in [2.05, 4.69) is 6.92 Å². The average molecular weight is 384 g/mol. The monoisotopic (exact) mass is 382 g/mol. The summed E-state index contributed by atoms with van der Waals surface area (Å²) in [5.41, 5.74) is 2.30. The molecule has 0 aromatic heterocycles. The zero-order valence-electron chi connectivity index (χ0n) is 14.0. The van der Waals surface area contributed by atoms with E-state index in [1.807, 2.05) is 60.7 Å². The summed E-state index contributed by atoms with van der Waals surface area (Å²) in [6.07, 6.45) is 0. The van der Waals surface area contributed by atoms with E-state index in [-0.39, 0.29) is 30.8 Å². The SMILES string of the molecule is CC(c1ccccc1)(c1ccccc1)c1ccc(O)c(C(=O)O)c1.[Zn]. The van der Waals surface area contributed by atoms with E-state index in [1.54, 1.807) is 12.1 Å². The molecule has 122 valence electrons. The van der Waals surface area contributed by atoms with Gasteiger partial charge in [-0.3, -0.25) is 0 Å². The summed E-state index contributed by atoms with van der Waals surface area (Å²) in [6, 6.07) is 24.7. The summed E-state index contributed by atoms with van der Waals surface area (Å²) in [7, 11) is 0. The minimum absolute atomic E-state index is 0. The van der Waals surface area contributed by atoms with Gasteiger partial charge < -0.3 is 10.2 Å². The third-order valence-electron chi connectivity index (χ3n) is 4.51. The minimum atomic E-state index is -1.14. The van der Waals surface area contributed by atoms with Crippen LogP contribution in [0.4, 0.5) is 0 Å².